The first-order chi connectivity index (χ1) is 14.1. The average Bonchev–Trinajstić information content (AvgIpc) is 2.97. The maximum Gasteiger partial charge on any atom is 0.329 e. The summed E-state index contributed by atoms with van der Waals surface area (Å²) in [7, 11) is 0. The fourth-order valence-electron chi connectivity index (χ4n) is 3.56. The zero-order chi connectivity index (χ0) is 20.4. The van der Waals surface area contributed by atoms with Gasteiger partial charge in [0.15, 0.2) is 0 Å². The Hall–Kier alpha value is -3.60. The number of hydrogen-bond acceptors (Lipinski definition) is 3. The van der Waals surface area contributed by atoms with Gasteiger partial charge in [-0.1, -0.05) is 60.2 Å². The Labute approximate surface area is 169 Å². The number of carbonyl (C=O) groups is 2. The van der Waals surface area contributed by atoms with Gasteiger partial charge in [0.05, 0.1) is 13.2 Å². The van der Waals surface area contributed by atoms with Gasteiger partial charge in [0.1, 0.15) is 11.4 Å². The van der Waals surface area contributed by atoms with Crippen LogP contribution < -0.4 is 10.1 Å². The van der Waals surface area contributed by atoms with Crippen LogP contribution in [0.15, 0.2) is 66.4 Å². The molecule has 0 saturated carbocycles. The van der Waals surface area contributed by atoms with Crippen LogP contribution in [-0.4, -0.2) is 23.4 Å². The predicted molar refractivity (Wildman–Crippen MR) is 113 cm³/mol. The van der Waals surface area contributed by atoms with Gasteiger partial charge in [0.25, 0.3) is 5.91 Å². The van der Waals surface area contributed by atoms with Crippen LogP contribution in [0.25, 0.3) is 16.8 Å². The van der Waals surface area contributed by atoms with Crippen molar-refractivity contribution < 1.29 is 14.3 Å². The van der Waals surface area contributed by atoms with Crippen molar-refractivity contribution in [3.8, 4) is 5.75 Å². The van der Waals surface area contributed by atoms with Crippen LogP contribution >= 0.6 is 0 Å². The van der Waals surface area contributed by atoms with E-state index in [4.69, 9.17) is 4.74 Å². The highest BCUT2D eigenvalue weighted by molar-refractivity contribution is 6.14. The third-order valence-corrected chi connectivity index (χ3v) is 4.90. The van der Waals surface area contributed by atoms with Crippen molar-refractivity contribution in [1.29, 1.82) is 0 Å². The zero-order valence-electron chi connectivity index (χ0n) is 16.4. The topological polar surface area (TPSA) is 58.6 Å². The molecule has 146 valence electrons. The molecule has 0 bridgehead atoms. The van der Waals surface area contributed by atoms with Gasteiger partial charge in [-0.15, -0.1) is 0 Å². The van der Waals surface area contributed by atoms with Gasteiger partial charge in [0, 0.05) is 5.56 Å². The molecule has 0 spiro atoms. The van der Waals surface area contributed by atoms with Crippen molar-refractivity contribution in [1.82, 2.24) is 10.2 Å². The number of rotatable bonds is 5. The lowest BCUT2D eigenvalue weighted by Gasteiger charge is -2.12. The van der Waals surface area contributed by atoms with Crippen LogP contribution in [0.5, 0.6) is 5.75 Å². The molecule has 3 amide bonds. The summed E-state index contributed by atoms with van der Waals surface area (Å²) >= 11 is 0. The Balaban J connectivity index is 1.71. The predicted octanol–water partition coefficient (Wildman–Crippen LogP) is 4.64. The number of ether oxygens (including phenoxy) is 1. The number of aryl methyl sites for hydroxylation is 1. The summed E-state index contributed by atoms with van der Waals surface area (Å²) in [4.78, 5) is 26.6. The van der Waals surface area contributed by atoms with Crippen molar-refractivity contribution in [3.05, 3.63) is 83.1 Å². The van der Waals surface area contributed by atoms with Crippen LogP contribution in [0, 0.1) is 6.92 Å². The van der Waals surface area contributed by atoms with Crippen molar-refractivity contribution in [2.45, 2.75) is 20.4 Å². The van der Waals surface area contributed by atoms with Crippen LogP contribution in [0.1, 0.15) is 23.6 Å². The van der Waals surface area contributed by atoms with Crippen LogP contribution in [-0.2, 0) is 11.3 Å². The molecule has 5 nitrogen and oxygen atoms in total. The molecule has 0 aromatic heterocycles. The number of nitrogens with zero attached hydrogens (tertiary/aromatic N) is 1. The number of fused-ring (bicyclic) bond motifs is 1. The van der Waals surface area contributed by atoms with E-state index in [2.05, 4.69) is 5.32 Å². The molecule has 3 aromatic carbocycles. The lowest BCUT2D eigenvalue weighted by molar-refractivity contribution is -0.123. The molecule has 0 unspecified atom stereocenters. The Bertz CT molecular complexity index is 1130. The number of amides is 3. The first-order valence-electron chi connectivity index (χ1n) is 9.61. The molecule has 1 heterocycles. The highest BCUT2D eigenvalue weighted by Gasteiger charge is 2.33. The second kappa shape index (κ2) is 7.80. The molecule has 29 heavy (non-hydrogen) atoms. The second-order valence-corrected chi connectivity index (χ2v) is 7.00. The van der Waals surface area contributed by atoms with E-state index >= 15 is 0 Å². The molecule has 1 fully saturated rings. The fraction of sp³-hybridized carbons (Fsp3) is 0.167. The highest BCUT2D eigenvalue weighted by atomic mass is 16.5. The monoisotopic (exact) mass is 386 g/mol. The smallest absolute Gasteiger partial charge is 0.329 e. The first-order valence-corrected chi connectivity index (χ1v) is 9.61. The molecule has 1 saturated heterocycles. The highest BCUT2D eigenvalue weighted by Crippen LogP contribution is 2.31. The van der Waals surface area contributed by atoms with Gasteiger partial charge in [0.2, 0.25) is 0 Å². The van der Waals surface area contributed by atoms with Crippen molar-refractivity contribution in [2.75, 3.05) is 6.61 Å². The van der Waals surface area contributed by atoms with Crippen molar-refractivity contribution >= 4 is 28.8 Å². The van der Waals surface area contributed by atoms with Crippen LogP contribution in [0.3, 0.4) is 0 Å². The lowest BCUT2D eigenvalue weighted by Crippen LogP contribution is -2.30. The largest absolute Gasteiger partial charge is 0.493 e. The number of nitrogens with one attached hydrogen (secondary N) is 1. The van der Waals surface area contributed by atoms with E-state index in [9.17, 15) is 9.59 Å². The second-order valence-electron chi connectivity index (χ2n) is 7.00. The molecule has 1 N–H and O–H groups in total. The molecular formula is C24H22N2O3. The third kappa shape index (κ3) is 3.72. The summed E-state index contributed by atoms with van der Waals surface area (Å²) in [6, 6.07) is 19.1. The quantitative estimate of drug-likeness (QED) is 0.513. The molecular weight excluding hydrogens is 364 g/mol. The Kier molecular flexibility index (Phi) is 5.04. The summed E-state index contributed by atoms with van der Waals surface area (Å²) in [5.41, 5.74) is 3.03. The average molecular weight is 386 g/mol. The molecule has 5 heteroatoms. The molecule has 0 atom stereocenters. The van der Waals surface area contributed by atoms with Crippen LogP contribution in [0.4, 0.5) is 4.79 Å². The van der Waals surface area contributed by atoms with Crippen molar-refractivity contribution in [2.24, 2.45) is 0 Å². The van der Waals surface area contributed by atoms with Gasteiger partial charge >= 0.3 is 6.03 Å². The fourth-order valence-corrected chi connectivity index (χ4v) is 3.56. The Morgan fingerprint density at radius 1 is 1.03 bits per heavy atom. The number of benzene rings is 3. The molecule has 0 radical (unpaired) electrons. The van der Waals surface area contributed by atoms with E-state index in [1.165, 1.54) is 4.90 Å². The van der Waals surface area contributed by atoms with E-state index in [1.54, 1.807) is 6.08 Å². The minimum atomic E-state index is -0.416. The summed E-state index contributed by atoms with van der Waals surface area (Å²) in [5.74, 6) is 0.338. The van der Waals surface area contributed by atoms with Gasteiger partial charge in [-0.05, 0) is 42.3 Å². The van der Waals surface area contributed by atoms with Gasteiger partial charge in [-0.3, -0.25) is 9.69 Å². The number of hydrogen-bond donors (Lipinski definition) is 1. The zero-order valence-corrected chi connectivity index (χ0v) is 16.4. The summed E-state index contributed by atoms with van der Waals surface area (Å²) in [5, 5.41) is 4.72. The lowest BCUT2D eigenvalue weighted by atomic mass is 10.0. The maximum absolute atomic E-state index is 12.9. The van der Waals surface area contributed by atoms with Gasteiger partial charge in [-0.25, -0.2) is 4.79 Å². The number of carbonyl (C=O) groups excluding carboxylic acids is 2. The standard InChI is InChI=1S/C24H22N2O3/c1-3-29-22-12-11-18-9-4-5-10-19(18)20(22)14-21-23(27)26(24(28)25-21)15-17-8-6-7-16(2)13-17/h4-14H,3,15H2,1-2H3,(H,25,28). The van der Waals surface area contributed by atoms with Gasteiger partial charge < -0.3 is 10.1 Å². The summed E-state index contributed by atoms with van der Waals surface area (Å²) in [6.07, 6.45) is 1.71. The van der Waals surface area contributed by atoms with E-state index < -0.39 is 6.03 Å². The summed E-state index contributed by atoms with van der Waals surface area (Å²) in [6.45, 7) is 4.64. The Morgan fingerprint density at radius 2 is 1.86 bits per heavy atom. The number of urea groups is 1. The molecule has 4 rings (SSSR count). The van der Waals surface area contributed by atoms with Crippen molar-refractivity contribution in [3.63, 3.8) is 0 Å². The first kappa shape index (κ1) is 18.7. The normalized spacial score (nSPS) is 15.2. The summed E-state index contributed by atoms with van der Waals surface area (Å²) < 4.78 is 5.77. The maximum atomic E-state index is 12.9. The minimum absolute atomic E-state index is 0.234. The Morgan fingerprint density at radius 3 is 2.66 bits per heavy atom. The molecule has 1 aliphatic heterocycles. The SMILES string of the molecule is CCOc1ccc2ccccc2c1C=C1NC(=O)N(Cc2cccc(C)c2)C1=O. The molecule has 3 aromatic rings. The van der Waals surface area contributed by atoms with Gasteiger partial charge in [-0.2, -0.15) is 0 Å². The molecule has 0 aliphatic carbocycles. The van der Waals surface area contributed by atoms with E-state index in [-0.39, 0.29) is 18.1 Å². The number of imide groups is 1. The third-order valence-electron chi connectivity index (χ3n) is 4.90. The van der Waals surface area contributed by atoms with E-state index in [1.807, 2.05) is 74.5 Å². The molecule has 1 aliphatic rings. The van der Waals surface area contributed by atoms with E-state index in [0.717, 1.165) is 27.5 Å². The van der Waals surface area contributed by atoms with E-state index in [0.29, 0.717) is 12.4 Å². The minimum Gasteiger partial charge on any atom is -0.493 e. The van der Waals surface area contributed by atoms with Crippen LogP contribution in [0.2, 0.25) is 0 Å².